The van der Waals surface area contributed by atoms with Crippen molar-refractivity contribution < 1.29 is 23.7 Å². The molecule has 1 fully saturated rings. The van der Waals surface area contributed by atoms with Gasteiger partial charge in [-0.25, -0.2) is 5.01 Å². The second-order valence-corrected chi connectivity index (χ2v) is 10.1. The van der Waals surface area contributed by atoms with Gasteiger partial charge in [0.05, 0.1) is 16.8 Å². The zero-order valence-corrected chi connectivity index (χ0v) is 21.5. The molecule has 10 heteroatoms. The highest BCUT2D eigenvalue weighted by Crippen LogP contribution is 2.47. The second kappa shape index (κ2) is 9.09. The molecule has 1 amide bonds. The van der Waals surface area contributed by atoms with Gasteiger partial charge in [-0.2, -0.15) is 10.2 Å². The molecule has 1 saturated carbocycles. The van der Waals surface area contributed by atoms with Crippen molar-refractivity contribution in [3.8, 4) is 23.0 Å². The van der Waals surface area contributed by atoms with E-state index in [-0.39, 0.29) is 37.1 Å². The van der Waals surface area contributed by atoms with Crippen LogP contribution in [0.3, 0.4) is 0 Å². The number of amides is 1. The summed E-state index contributed by atoms with van der Waals surface area (Å²) in [7, 11) is 0. The van der Waals surface area contributed by atoms with E-state index in [0.717, 1.165) is 53.2 Å². The predicted octanol–water partition coefficient (Wildman–Crippen LogP) is 5.45. The number of carbonyl (C=O) groups excluding carboxylic acids is 1. The van der Waals surface area contributed by atoms with E-state index in [1.807, 2.05) is 43.3 Å². The molecule has 1 aliphatic carbocycles. The Morgan fingerprint density at radius 1 is 1.05 bits per heavy atom. The Hall–Kier alpha value is -3.98. The number of aromatic nitrogens is 2. The van der Waals surface area contributed by atoms with Crippen molar-refractivity contribution in [2.75, 3.05) is 13.6 Å². The van der Waals surface area contributed by atoms with Crippen LogP contribution in [0, 0.1) is 5.92 Å². The van der Waals surface area contributed by atoms with Crippen LogP contribution in [0.2, 0.25) is 5.02 Å². The SMILES string of the molecule is CCn1cc(Cl)c(C(=O)N2N=C3/C(=C\c4ccc5c(c4)OCO5)CCC[C@@H]3[C@@H]2c2ccc3c(c2)OCO3)n1. The highest BCUT2D eigenvalue weighted by atomic mass is 35.5. The lowest BCUT2D eigenvalue weighted by molar-refractivity contribution is 0.0673. The van der Waals surface area contributed by atoms with Crippen molar-refractivity contribution in [3.05, 3.63) is 70.0 Å². The van der Waals surface area contributed by atoms with E-state index in [4.69, 9.17) is 35.6 Å². The monoisotopic (exact) mass is 532 g/mol. The minimum Gasteiger partial charge on any atom is -0.454 e. The molecule has 38 heavy (non-hydrogen) atoms. The average molecular weight is 533 g/mol. The Morgan fingerprint density at radius 3 is 2.55 bits per heavy atom. The van der Waals surface area contributed by atoms with E-state index >= 15 is 0 Å². The van der Waals surface area contributed by atoms with Crippen LogP contribution < -0.4 is 18.9 Å². The van der Waals surface area contributed by atoms with Crippen LogP contribution in [-0.2, 0) is 6.54 Å². The van der Waals surface area contributed by atoms with Crippen molar-refractivity contribution in [2.24, 2.45) is 11.0 Å². The smallest absolute Gasteiger partial charge is 0.296 e. The van der Waals surface area contributed by atoms with Crippen LogP contribution >= 0.6 is 11.6 Å². The minimum atomic E-state index is -0.325. The molecule has 194 valence electrons. The van der Waals surface area contributed by atoms with Crippen LogP contribution in [0.5, 0.6) is 23.0 Å². The number of hydrogen-bond acceptors (Lipinski definition) is 7. The lowest BCUT2D eigenvalue weighted by Gasteiger charge is -2.29. The molecule has 3 aliphatic heterocycles. The van der Waals surface area contributed by atoms with Crippen LogP contribution in [0.25, 0.3) is 6.08 Å². The Bertz CT molecular complexity index is 1510. The Morgan fingerprint density at radius 2 is 1.79 bits per heavy atom. The molecule has 7 rings (SSSR count). The van der Waals surface area contributed by atoms with Gasteiger partial charge in [-0.3, -0.25) is 9.48 Å². The van der Waals surface area contributed by atoms with Gasteiger partial charge >= 0.3 is 0 Å². The molecule has 0 saturated heterocycles. The Kier molecular flexibility index (Phi) is 5.54. The van der Waals surface area contributed by atoms with Gasteiger partial charge in [0.1, 0.15) is 0 Å². The van der Waals surface area contributed by atoms with E-state index in [2.05, 4.69) is 11.2 Å². The maximum absolute atomic E-state index is 13.9. The fraction of sp³-hybridized carbons (Fsp3) is 0.321. The first-order valence-corrected chi connectivity index (χ1v) is 13.1. The lowest BCUT2D eigenvalue weighted by Crippen LogP contribution is -2.32. The molecule has 2 atom stereocenters. The molecule has 0 bridgehead atoms. The number of carbonyl (C=O) groups is 1. The first kappa shape index (κ1) is 23.2. The maximum Gasteiger partial charge on any atom is 0.296 e. The van der Waals surface area contributed by atoms with Gasteiger partial charge in [-0.15, -0.1) is 0 Å². The highest BCUT2D eigenvalue weighted by Gasteiger charge is 2.45. The molecule has 0 radical (unpaired) electrons. The van der Waals surface area contributed by atoms with Crippen molar-refractivity contribution in [1.82, 2.24) is 14.8 Å². The molecule has 1 aromatic heterocycles. The molecule has 0 unspecified atom stereocenters. The van der Waals surface area contributed by atoms with Crippen LogP contribution in [-0.4, -0.2) is 40.0 Å². The number of fused-ring (bicyclic) bond motifs is 3. The number of halogens is 1. The summed E-state index contributed by atoms with van der Waals surface area (Å²) in [5.41, 5.74) is 4.15. The topological polar surface area (TPSA) is 87.4 Å². The quantitative estimate of drug-likeness (QED) is 0.444. The summed E-state index contributed by atoms with van der Waals surface area (Å²) in [6.07, 6.45) is 6.55. The second-order valence-electron chi connectivity index (χ2n) is 9.65. The summed E-state index contributed by atoms with van der Waals surface area (Å²) in [4.78, 5) is 13.9. The van der Waals surface area contributed by atoms with Gasteiger partial charge in [0, 0.05) is 18.7 Å². The summed E-state index contributed by atoms with van der Waals surface area (Å²) in [6.45, 7) is 2.97. The number of allylic oxidation sites excluding steroid dienone is 1. The van der Waals surface area contributed by atoms with Gasteiger partial charge in [-0.1, -0.05) is 23.7 Å². The van der Waals surface area contributed by atoms with Gasteiger partial charge < -0.3 is 18.9 Å². The molecule has 0 spiro atoms. The molecule has 9 nitrogen and oxygen atoms in total. The maximum atomic E-state index is 13.9. The zero-order chi connectivity index (χ0) is 25.8. The van der Waals surface area contributed by atoms with E-state index in [1.54, 1.807) is 15.9 Å². The van der Waals surface area contributed by atoms with Crippen LogP contribution in [0.15, 0.2) is 53.3 Å². The number of hydrogen-bond donors (Lipinski definition) is 0. The summed E-state index contributed by atoms with van der Waals surface area (Å²) in [5.74, 6) is 2.53. The third-order valence-electron chi connectivity index (χ3n) is 7.43. The zero-order valence-electron chi connectivity index (χ0n) is 20.7. The number of benzene rings is 2. The highest BCUT2D eigenvalue weighted by molar-refractivity contribution is 6.33. The summed E-state index contributed by atoms with van der Waals surface area (Å²) in [6, 6.07) is 11.4. The van der Waals surface area contributed by atoms with Crippen molar-refractivity contribution >= 4 is 29.3 Å². The molecule has 0 N–H and O–H groups in total. The molecule has 4 aliphatic rings. The first-order valence-electron chi connectivity index (χ1n) is 12.7. The molecule has 4 heterocycles. The summed E-state index contributed by atoms with van der Waals surface area (Å²) >= 11 is 6.45. The van der Waals surface area contributed by atoms with Crippen molar-refractivity contribution in [3.63, 3.8) is 0 Å². The third-order valence-corrected chi connectivity index (χ3v) is 7.71. The first-order chi connectivity index (χ1) is 18.6. The number of rotatable bonds is 4. The van der Waals surface area contributed by atoms with Gasteiger partial charge in [-0.05, 0) is 73.2 Å². The number of hydrazone groups is 1. The minimum absolute atomic E-state index is 0.0142. The average Bonchev–Trinajstić information content (AvgIpc) is 3.72. The molecular formula is C28H25ClN4O5. The van der Waals surface area contributed by atoms with Gasteiger partial charge in [0.15, 0.2) is 28.7 Å². The summed E-state index contributed by atoms with van der Waals surface area (Å²) in [5, 5.41) is 11.3. The predicted molar refractivity (Wildman–Crippen MR) is 140 cm³/mol. The number of nitrogens with zero attached hydrogens (tertiary/aromatic N) is 4. The fourth-order valence-corrected chi connectivity index (χ4v) is 5.85. The molecular weight excluding hydrogens is 508 g/mol. The fourth-order valence-electron chi connectivity index (χ4n) is 5.61. The largest absolute Gasteiger partial charge is 0.454 e. The van der Waals surface area contributed by atoms with E-state index < -0.39 is 0 Å². The Balaban J connectivity index is 1.30. The standard InChI is InChI=1S/C28H25ClN4O5/c1-2-32-13-20(29)26(30-32)28(34)33-27(18-7-9-22-24(12-18)38-15-36-22)19-5-3-4-17(25(19)31-33)10-16-6-8-21-23(11-16)37-14-35-21/h6-13,19,27H,2-5,14-15H2,1H3/b17-10-/t19-,27-/m0/s1. The van der Waals surface area contributed by atoms with Gasteiger partial charge in [0.25, 0.3) is 5.91 Å². The third kappa shape index (κ3) is 3.80. The van der Waals surface area contributed by atoms with E-state index in [0.29, 0.717) is 23.1 Å². The molecule has 2 aromatic carbocycles. The lowest BCUT2D eigenvalue weighted by atomic mass is 9.77. The van der Waals surface area contributed by atoms with Gasteiger partial charge in [0.2, 0.25) is 13.6 Å². The number of aryl methyl sites for hydroxylation is 1. The van der Waals surface area contributed by atoms with Crippen molar-refractivity contribution in [2.45, 2.75) is 38.8 Å². The normalized spacial score (nSPS) is 22.1. The van der Waals surface area contributed by atoms with Crippen molar-refractivity contribution in [1.29, 1.82) is 0 Å². The van der Waals surface area contributed by atoms with E-state index in [1.165, 1.54) is 0 Å². The van der Waals surface area contributed by atoms with E-state index in [9.17, 15) is 4.79 Å². The number of ether oxygens (including phenoxy) is 4. The van der Waals surface area contributed by atoms with Crippen LogP contribution in [0.1, 0.15) is 53.8 Å². The Labute approximate surface area is 224 Å². The summed E-state index contributed by atoms with van der Waals surface area (Å²) < 4.78 is 23.9. The van der Waals surface area contributed by atoms with Crippen LogP contribution in [0.4, 0.5) is 0 Å². The molecule has 3 aromatic rings.